The van der Waals surface area contributed by atoms with Gasteiger partial charge in [-0.1, -0.05) is 54.6 Å². The number of aromatic nitrogens is 4. The first-order valence-corrected chi connectivity index (χ1v) is 7.28. The zero-order chi connectivity index (χ0) is 15.4. The van der Waals surface area contributed by atoms with E-state index in [0.29, 0.717) is 22.7 Å². The molecule has 1 aliphatic rings. The van der Waals surface area contributed by atoms with E-state index in [1.807, 2.05) is 48.5 Å². The van der Waals surface area contributed by atoms with Crippen LogP contribution in [0.3, 0.4) is 0 Å². The summed E-state index contributed by atoms with van der Waals surface area (Å²) >= 11 is 0. The molecule has 0 N–H and O–H groups in total. The molecule has 0 aliphatic heterocycles. The van der Waals surface area contributed by atoms with Crippen LogP contribution in [0.1, 0.15) is 16.1 Å². The zero-order valence-electron chi connectivity index (χ0n) is 12.0. The summed E-state index contributed by atoms with van der Waals surface area (Å²) in [7, 11) is 0. The highest BCUT2D eigenvalue weighted by molar-refractivity contribution is 6.19. The van der Waals surface area contributed by atoms with Gasteiger partial charge in [0.2, 0.25) is 5.78 Å². The molecule has 5 heteroatoms. The molecule has 0 saturated heterocycles. The smallest absolute Gasteiger partial charge is 0.251 e. The standard InChI is InChI=1S/C18H10N4O/c23-17-13-9-5-4-8-12(13)15-16(17)21-22-10-14(19-18(22)20-15)11-6-2-1-3-7-11/h1-10H. The summed E-state index contributed by atoms with van der Waals surface area (Å²) in [6.07, 6.45) is 1.80. The summed E-state index contributed by atoms with van der Waals surface area (Å²) in [6.45, 7) is 0. The SMILES string of the molecule is O=C1c2ccccc2-c2nc3nc(-c4ccccc4)cn3nc21. The molecule has 0 saturated carbocycles. The Balaban J connectivity index is 1.75. The molecular formula is C18H10N4O. The molecule has 1 aliphatic carbocycles. The monoisotopic (exact) mass is 298 g/mol. The Morgan fingerprint density at radius 1 is 0.783 bits per heavy atom. The van der Waals surface area contributed by atoms with Crippen molar-refractivity contribution in [3.8, 4) is 22.5 Å². The number of ketones is 1. The second-order valence-electron chi connectivity index (χ2n) is 5.42. The first kappa shape index (κ1) is 12.2. The first-order chi connectivity index (χ1) is 11.3. The molecule has 5 rings (SSSR count). The van der Waals surface area contributed by atoms with Crippen LogP contribution in [0.25, 0.3) is 28.3 Å². The van der Waals surface area contributed by atoms with Gasteiger partial charge in [-0.15, -0.1) is 0 Å². The maximum Gasteiger partial charge on any atom is 0.251 e. The Hall–Kier alpha value is -3.34. The summed E-state index contributed by atoms with van der Waals surface area (Å²) in [5, 5.41) is 4.44. The van der Waals surface area contributed by atoms with Crippen LogP contribution >= 0.6 is 0 Å². The molecule has 0 radical (unpaired) electrons. The van der Waals surface area contributed by atoms with E-state index in [2.05, 4.69) is 15.1 Å². The molecule has 0 bridgehead atoms. The summed E-state index contributed by atoms with van der Waals surface area (Å²) in [5.74, 6) is 0.409. The Kier molecular flexibility index (Phi) is 2.30. The maximum atomic E-state index is 12.5. The lowest BCUT2D eigenvalue weighted by molar-refractivity contribution is 0.103. The number of carbonyl (C=O) groups is 1. The number of imidazole rings is 1. The van der Waals surface area contributed by atoms with Crippen LogP contribution in [0.5, 0.6) is 0 Å². The summed E-state index contributed by atoms with van der Waals surface area (Å²) in [4.78, 5) is 21.6. The van der Waals surface area contributed by atoms with Gasteiger partial charge in [0.1, 0.15) is 5.69 Å². The molecule has 0 spiro atoms. The molecule has 4 aromatic rings. The van der Waals surface area contributed by atoms with Gasteiger partial charge < -0.3 is 0 Å². The topological polar surface area (TPSA) is 60.2 Å². The normalized spacial score (nSPS) is 12.4. The molecule has 2 aromatic carbocycles. The minimum absolute atomic E-state index is 0.0834. The van der Waals surface area contributed by atoms with Gasteiger partial charge in [0.25, 0.3) is 5.78 Å². The quantitative estimate of drug-likeness (QED) is 0.477. The molecule has 5 nitrogen and oxygen atoms in total. The number of hydrogen-bond donors (Lipinski definition) is 0. The van der Waals surface area contributed by atoms with Gasteiger partial charge >= 0.3 is 0 Å². The highest BCUT2D eigenvalue weighted by Gasteiger charge is 2.30. The largest absolute Gasteiger partial charge is 0.287 e. The Bertz CT molecular complexity index is 1080. The van der Waals surface area contributed by atoms with E-state index in [0.717, 1.165) is 16.8 Å². The lowest BCUT2D eigenvalue weighted by atomic mass is 10.1. The van der Waals surface area contributed by atoms with Gasteiger partial charge in [-0.3, -0.25) is 4.79 Å². The molecule has 0 fully saturated rings. The molecule has 108 valence electrons. The van der Waals surface area contributed by atoms with Crippen LogP contribution in [0.2, 0.25) is 0 Å². The summed E-state index contributed by atoms with van der Waals surface area (Å²) < 4.78 is 1.57. The van der Waals surface area contributed by atoms with Crippen LogP contribution in [0.4, 0.5) is 0 Å². The van der Waals surface area contributed by atoms with Gasteiger partial charge in [0.05, 0.1) is 11.9 Å². The van der Waals surface area contributed by atoms with Crippen molar-refractivity contribution in [3.05, 3.63) is 72.1 Å². The van der Waals surface area contributed by atoms with Crippen molar-refractivity contribution in [2.24, 2.45) is 0 Å². The van der Waals surface area contributed by atoms with E-state index in [1.165, 1.54) is 0 Å². The van der Waals surface area contributed by atoms with Crippen LogP contribution < -0.4 is 0 Å². The van der Waals surface area contributed by atoms with Crippen molar-refractivity contribution in [1.82, 2.24) is 19.6 Å². The van der Waals surface area contributed by atoms with Gasteiger partial charge in [0.15, 0.2) is 5.69 Å². The third kappa shape index (κ3) is 1.67. The van der Waals surface area contributed by atoms with Crippen molar-refractivity contribution >= 4 is 11.6 Å². The average Bonchev–Trinajstić information content (AvgIpc) is 3.14. The van der Waals surface area contributed by atoms with Crippen LogP contribution in [0.15, 0.2) is 60.8 Å². The van der Waals surface area contributed by atoms with Crippen molar-refractivity contribution in [2.75, 3.05) is 0 Å². The molecule has 23 heavy (non-hydrogen) atoms. The van der Waals surface area contributed by atoms with Crippen LogP contribution in [-0.2, 0) is 0 Å². The maximum absolute atomic E-state index is 12.5. The van der Waals surface area contributed by atoms with E-state index in [4.69, 9.17) is 0 Å². The third-order valence-corrected chi connectivity index (χ3v) is 4.03. The van der Waals surface area contributed by atoms with Crippen molar-refractivity contribution in [2.45, 2.75) is 0 Å². The summed E-state index contributed by atoms with van der Waals surface area (Å²) in [5.41, 5.74) is 4.26. The minimum atomic E-state index is -0.0834. The molecule has 0 atom stereocenters. The molecular weight excluding hydrogens is 288 g/mol. The predicted molar refractivity (Wildman–Crippen MR) is 85.1 cm³/mol. The van der Waals surface area contributed by atoms with E-state index in [9.17, 15) is 4.79 Å². The fourth-order valence-corrected chi connectivity index (χ4v) is 2.92. The van der Waals surface area contributed by atoms with Crippen molar-refractivity contribution in [1.29, 1.82) is 0 Å². The fourth-order valence-electron chi connectivity index (χ4n) is 2.92. The van der Waals surface area contributed by atoms with Crippen LogP contribution in [-0.4, -0.2) is 25.4 Å². The van der Waals surface area contributed by atoms with E-state index in [-0.39, 0.29) is 5.78 Å². The average molecular weight is 298 g/mol. The minimum Gasteiger partial charge on any atom is -0.287 e. The number of carbonyl (C=O) groups excluding carboxylic acids is 1. The highest BCUT2D eigenvalue weighted by Crippen LogP contribution is 2.33. The van der Waals surface area contributed by atoms with Gasteiger partial charge in [-0.05, 0) is 0 Å². The third-order valence-electron chi connectivity index (χ3n) is 4.03. The van der Waals surface area contributed by atoms with E-state index < -0.39 is 0 Å². The van der Waals surface area contributed by atoms with Gasteiger partial charge in [-0.2, -0.15) is 5.10 Å². The highest BCUT2D eigenvalue weighted by atomic mass is 16.1. The van der Waals surface area contributed by atoms with E-state index >= 15 is 0 Å². The predicted octanol–water partition coefficient (Wildman–Crippen LogP) is 3.00. The number of hydrogen-bond acceptors (Lipinski definition) is 4. The van der Waals surface area contributed by atoms with Crippen molar-refractivity contribution in [3.63, 3.8) is 0 Å². The Labute approximate surface area is 131 Å². The van der Waals surface area contributed by atoms with Crippen LogP contribution in [0, 0.1) is 0 Å². The number of rotatable bonds is 1. The zero-order valence-corrected chi connectivity index (χ0v) is 12.0. The lowest BCUT2D eigenvalue weighted by Crippen LogP contribution is -2.04. The number of benzene rings is 2. The molecule has 0 unspecified atom stereocenters. The van der Waals surface area contributed by atoms with Gasteiger partial charge in [-0.25, -0.2) is 14.5 Å². The second-order valence-corrected chi connectivity index (χ2v) is 5.42. The summed E-state index contributed by atoms with van der Waals surface area (Å²) in [6, 6.07) is 17.3. The molecule has 0 amide bonds. The second kappa shape index (κ2) is 4.33. The first-order valence-electron chi connectivity index (χ1n) is 7.28. The van der Waals surface area contributed by atoms with Gasteiger partial charge in [0, 0.05) is 16.7 Å². The van der Waals surface area contributed by atoms with Crippen molar-refractivity contribution < 1.29 is 4.79 Å². The number of fused-ring (bicyclic) bond motifs is 4. The molecule has 2 heterocycles. The Morgan fingerprint density at radius 3 is 2.35 bits per heavy atom. The fraction of sp³-hybridized carbons (Fsp3) is 0. The Morgan fingerprint density at radius 2 is 1.52 bits per heavy atom. The number of nitrogens with zero attached hydrogens (tertiary/aromatic N) is 4. The van der Waals surface area contributed by atoms with E-state index in [1.54, 1.807) is 16.8 Å². The lowest BCUT2D eigenvalue weighted by Gasteiger charge is -1.97. The molecule has 2 aromatic heterocycles.